The minimum absolute atomic E-state index is 0.0694. The summed E-state index contributed by atoms with van der Waals surface area (Å²) in [4.78, 5) is 12.2. The third kappa shape index (κ3) is 5.47. The van der Waals surface area contributed by atoms with E-state index in [1.54, 1.807) is 0 Å². The Morgan fingerprint density at radius 2 is 1.18 bits per heavy atom. The van der Waals surface area contributed by atoms with Crippen molar-refractivity contribution < 1.29 is 31.1 Å². The predicted molar refractivity (Wildman–Crippen MR) is 122 cm³/mol. The molecule has 0 unspecified atom stereocenters. The molecular formula is C26H29F6NO. The number of benzene rings is 2. The molecule has 0 bridgehead atoms. The van der Waals surface area contributed by atoms with Crippen LogP contribution in [0.1, 0.15) is 57.7 Å². The molecule has 0 aliphatic carbocycles. The van der Waals surface area contributed by atoms with Gasteiger partial charge in [0.1, 0.15) is 0 Å². The van der Waals surface area contributed by atoms with Gasteiger partial charge >= 0.3 is 12.4 Å². The largest absolute Gasteiger partial charge is 0.411 e. The van der Waals surface area contributed by atoms with Crippen LogP contribution in [0.15, 0.2) is 60.7 Å². The van der Waals surface area contributed by atoms with E-state index in [1.807, 2.05) is 34.6 Å². The number of alkyl halides is 6. The van der Waals surface area contributed by atoms with E-state index in [0.717, 1.165) is 36.4 Å². The maximum absolute atomic E-state index is 14.3. The fourth-order valence-electron chi connectivity index (χ4n) is 3.81. The average molecular weight is 486 g/mol. The lowest BCUT2D eigenvalue weighted by Gasteiger charge is -2.38. The maximum atomic E-state index is 14.3. The van der Waals surface area contributed by atoms with Crippen molar-refractivity contribution in [1.82, 2.24) is 0 Å². The van der Waals surface area contributed by atoms with Gasteiger partial charge in [-0.2, -0.15) is 26.3 Å². The maximum Gasteiger partial charge on any atom is 0.411 e. The fourth-order valence-corrected chi connectivity index (χ4v) is 3.81. The summed E-state index contributed by atoms with van der Waals surface area (Å²) in [7, 11) is 0. The van der Waals surface area contributed by atoms with Crippen molar-refractivity contribution in [1.29, 1.82) is 0 Å². The molecule has 0 radical (unpaired) electrons. The van der Waals surface area contributed by atoms with Crippen molar-refractivity contribution >= 4 is 11.6 Å². The van der Waals surface area contributed by atoms with Gasteiger partial charge in [0.2, 0.25) is 5.41 Å². The second kappa shape index (κ2) is 9.47. The van der Waals surface area contributed by atoms with Gasteiger partial charge in [0.15, 0.2) is 0 Å². The number of carbonyl (C=O) groups is 1. The zero-order valence-electron chi connectivity index (χ0n) is 19.8. The summed E-state index contributed by atoms with van der Waals surface area (Å²) >= 11 is 0. The highest BCUT2D eigenvalue weighted by Crippen LogP contribution is 2.56. The zero-order valence-corrected chi connectivity index (χ0v) is 19.8. The third-order valence-electron chi connectivity index (χ3n) is 5.59. The molecular weight excluding hydrogens is 456 g/mol. The molecule has 2 rings (SSSR count). The molecule has 186 valence electrons. The first kappa shape index (κ1) is 27.5. The van der Waals surface area contributed by atoms with Gasteiger partial charge in [0, 0.05) is 11.3 Å². The van der Waals surface area contributed by atoms with Crippen LogP contribution < -0.4 is 5.32 Å². The van der Waals surface area contributed by atoms with Crippen LogP contribution in [0.2, 0.25) is 0 Å². The summed E-state index contributed by atoms with van der Waals surface area (Å²) in [5.41, 5.74) is -5.66. The Bertz CT molecular complexity index is 996. The molecule has 8 heteroatoms. The highest BCUT2D eigenvalue weighted by Gasteiger charge is 2.72. The predicted octanol–water partition coefficient (Wildman–Crippen LogP) is 7.94. The second-order valence-corrected chi connectivity index (χ2v) is 9.81. The zero-order chi connectivity index (χ0) is 26.1. The molecule has 0 saturated heterocycles. The highest BCUT2D eigenvalue weighted by atomic mass is 19.4. The van der Waals surface area contributed by atoms with Crippen molar-refractivity contribution in [2.75, 3.05) is 5.32 Å². The van der Waals surface area contributed by atoms with Gasteiger partial charge in [0.05, 0.1) is 0 Å². The van der Waals surface area contributed by atoms with Crippen LogP contribution in [0.3, 0.4) is 0 Å². The first-order valence-corrected chi connectivity index (χ1v) is 10.8. The molecule has 2 aromatic carbocycles. The molecule has 1 amide bonds. The van der Waals surface area contributed by atoms with Crippen molar-refractivity contribution in [3.63, 3.8) is 0 Å². The Morgan fingerprint density at radius 1 is 0.794 bits per heavy atom. The first-order chi connectivity index (χ1) is 15.4. The minimum atomic E-state index is -5.68. The van der Waals surface area contributed by atoms with Crippen molar-refractivity contribution in [3.8, 4) is 0 Å². The third-order valence-corrected chi connectivity index (χ3v) is 5.59. The SMILES string of the molecule is C=C(CC(C)C)C(=O)Nc1ccc(C(c2ccc(C(C)(C)C)cc2)(C(F)(F)F)C(F)(F)F)cc1. The van der Waals surface area contributed by atoms with Gasteiger partial charge in [0.25, 0.3) is 5.91 Å². The molecule has 2 nitrogen and oxygen atoms in total. The number of hydrogen-bond acceptors (Lipinski definition) is 1. The van der Waals surface area contributed by atoms with E-state index in [1.165, 1.54) is 12.1 Å². The standard InChI is InChI=1S/C26H29F6NO/c1-16(2)15-17(3)22(34)33-21-13-11-20(12-14-21)24(25(27,28)29,26(30,31)32)19-9-7-18(8-10-19)23(4,5)6/h7-14,16H,3,15H2,1-2,4-6H3,(H,33,34). The van der Waals surface area contributed by atoms with Gasteiger partial charge < -0.3 is 5.32 Å². The topological polar surface area (TPSA) is 29.1 Å². The lowest BCUT2D eigenvalue weighted by Crippen LogP contribution is -2.54. The minimum Gasteiger partial charge on any atom is -0.322 e. The van der Waals surface area contributed by atoms with Crippen molar-refractivity contribution in [2.45, 2.75) is 64.2 Å². The number of hydrogen-bond donors (Lipinski definition) is 1. The van der Waals surface area contributed by atoms with Gasteiger partial charge in [-0.3, -0.25) is 4.79 Å². The molecule has 2 aromatic rings. The smallest absolute Gasteiger partial charge is 0.322 e. The molecule has 0 aliphatic heterocycles. The van der Waals surface area contributed by atoms with E-state index in [-0.39, 0.29) is 17.2 Å². The fraction of sp³-hybridized carbons (Fsp3) is 0.423. The Balaban J connectivity index is 2.57. The van der Waals surface area contributed by atoms with E-state index in [4.69, 9.17) is 0 Å². The van der Waals surface area contributed by atoms with E-state index < -0.39 is 40.2 Å². The van der Waals surface area contributed by atoms with Crippen molar-refractivity contribution in [3.05, 3.63) is 77.4 Å². The number of carbonyl (C=O) groups excluding carboxylic acids is 1. The summed E-state index contributed by atoms with van der Waals surface area (Å²) in [6, 6.07) is 7.91. The molecule has 0 fully saturated rings. The van der Waals surface area contributed by atoms with Crippen LogP contribution in [0, 0.1) is 5.92 Å². The Morgan fingerprint density at radius 3 is 1.53 bits per heavy atom. The molecule has 0 atom stereocenters. The van der Waals surface area contributed by atoms with Gasteiger partial charge in [-0.25, -0.2) is 0 Å². The highest BCUT2D eigenvalue weighted by molar-refractivity contribution is 6.03. The number of nitrogens with one attached hydrogen (secondary N) is 1. The summed E-state index contributed by atoms with van der Waals surface area (Å²) in [6.07, 6.45) is -10.9. The summed E-state index contributed by atoms with van der Waals surface area (Å²) in [6.45, 7) is 12.9. The normalized spacial score (nSPS) is 13.2. The van der Waals surface area contributed by atoms with Crippen molar-refractivity contribution in [2.24, 2.45) is 5.92 Å². The number of rotatable bonds is 6. The molecule has 0 saturated carbocycles. The lowest BCUT2D eigenvalue weighted by molar-refractivity contribution is -0.288. The van der Waals surface area contributed by atoms with Crippen LogP contribution in [-0.4, -0.2) is 18.3 Å². The average Bonchev–Trinajstić information content (AvgIpc) is 2.66. The Kier molecular flexibility index (Phi) is 7.65. The Labute approximate surface area is 196 Å². The number of halogens is 6. The van der Waals surface area contributed by atoms with Gasteiger partial charge in [-0.15, -0.1) is 0 Å². The van der Waals surface area contributed by atoms with Crippen LogP contribution >= 0.6 is 0 Å². The lowest BCUT2D eigenvalue weighted by atomic mass is 9.72. The van der Waals surface area contributed by atoms with Crippen LogP contribution in [0.5, 0.6) is 0 Å². The molecule has 0 spiro atoms. The second-order valence-electron chi connectivity index (χ2n) is 9.81. The molecule has 0 aromatic heterocycles. The van der Waals surface area contributed by atoms with E-state index >= 15 is 0 Å². The van der Waals surface area contributed by atoms with Crippen LogP contribution in [0.25, 0.3) is 0 Å². The Hall–Kier alpha value is -2.77. The summed E-state index contributed by atoms with van der Waals surface area (Å²) in [5, 5.41) is 2.47. The number of amides is 1. The van der Waals surface area contributed by atoms with E-state index in [0.29, 0.717) is 12.0 Å². The van der Waals surface area contributed by atoms with Gasteiger partial charge in [-0.1, -0.05) is 77.6 Å². The summed E-state index contributed by atoms with van der Waals surface area (Å²) < 4.78 is 85.9. The monoisotopic (exact) mass is 485 g/mol. The molecule has 34 heavy (non-hydrogen) atoms. The van der Waals surface area contributed by atoms with Crippen LogP contribution in [-0.2, 0) is 15.6 Å². The molecule has 0 aliphatic rings. The number of anilines is 1. The van der Waals surface area contributed by atoms with Gasteiger partial charge in [-0.05, 0) is 46.6 Å². The van der Waals surface area contributed by atoms with E-state index in [2.05, 4.69) is 11.9 Å². The summed E-state index contributed by atoms with van der Waals surface area (Å²) in [5.74, 6) is -0.387. The molecule has 1 N–H and O–H groups in total. The van der Waals surface area contributed by atoms with Crippen LogP contribution in [0.4, 0.5) is 32.0 Å². The quantitative estimate of drug-likeness (QED) is 0.327. The van der Waals surface area contributed by atoms with E-state index in [9.17, 15) is 31.1 Å². The molecule has 0 heterocycles. The first-order valence-electron chi connectivity index (χ1n) is 10.8.